The lowest BCUT2D eigenvalue weighted by Gasteiger charge is -2.06. The lowest BCUT2D eigenvalue weighted by atomic mass is 10.3. The van der Waals surface area contributed by atoms with E-state index in [0.29, 0.717) is 6.07 Å². The van der Waals surface area contributed by atoms with Crippen LogP contribution < -0.4 is 5.12 Å². The summed E-state index contributed by atoms with van der Waals surface area (Å²) in [5.74, 6) is -1.58. The predicted molar refractivity (Wildman–Crippen MR) is 35.9 cm³/mol. The summed E-state index contributed by atoms with van der Waals surface area (Å²) >= 11 is 0. The molecule has 0 amide bonds. The average molecular weight is 161 g/mol. The molecule has 0 bridgehead atoms. The molecule has 0 aliphatic carbocycles. The second kappa shape index (κ2) is 2.82. The molecule has 0 aromatic heterocycles. The molecular weight excluding hydrogens is 155 g/mol. The minimum absolute atomic E-state index is 0.137. The van der Waals surface area contributed by atoms with Crippen LogP contribution in [0.2, 0.25) is 0 Å². The summed E-state index contributed by atoms with van der Waals surface area (Å²) in [6.07, 6.45) is 0. The van der Waals surface area contributed by atoms with Crippen molar-refractivity contribution in [1.29, 1.82) is 0 Å². The Balaban J connectivity index is 3.08. The van der Waals surface area contributed by atoms with Gasteiger partial charge in [0.1, 0.15) is 11.6 Å². The Morgan fingerprint density at radius 3 is 1.91 bits per heavy atom. The molecule has 0 aliphatic heterocycles. The van der Waals surface area contributed by atoms with Crippen molar-refractivity contribution in [2.45, 2.75) is 0 Å². The van der Waals surface area contributed by atoms with E-state index in [0.717, 1.165) is 19.2 Å². The summed E-state index contributed by atoms with van der Waals surface area (Å²) in [6.45, 7) is 0. The molecule has 1 aromatic rings. The Kier molecular flexibility index (Phi) is 2.03. The first-order chi connectivity index (χ1) is 5.09. The van der Waals surface area contributed by atoms with E-state index < -0.39 is 11.6 Å². The maximum Gasteiger partial charge on any atom is 0.128 e. The molecule has 1 rings (SSSR count). The van der Waals surface area contributed by atoms with Crippen LogP contribution in [0, 0.1) is 11.6 Å². The molecule has 0 atom stereocenters. The van der Waals surface area contributed by atoms with Gasteiger partial charge in [0.2, 0.25) is 0 Å². The third-order valence-electron chi connectivity index (χ3n) is 1.20. The fourth-order valence-electron chi connectivity index (χ4n) is 0.717. The van der Waals surface area contributed by atoms with Gasteiger partial charge in [-0.05, 0) is 12.1 Å². The fraction of sp³-hybridized carbons (Fsp3) is 0.143. The highest BCUT2D eigenvalue weighted by Gasteiger charge is 2.03. The van der Waals surface area contributed by atoms with Crippen LogP contribution >= 0.6 is 0 Å². The molecule has 0 heterocycles. The van der Waals surface area contributed by atoms with Crippen molar-refractivity contribution in [2.24, 2.45) is 0 Å². The van der Waals surface area contributed by atoms with Gasteiger partial charge in [-0.1, -0.05) is 0 Å². The second-order valence-corrected chi connectivity index (χ2v) is 2.10. The van der Waals surface area contributed by atoms with Crippen LogP contribution in [0.4, 0.5) is 18.9 Å². The highest BCUT2D eigenvalue weighted by Crippen LogP contribution is 2.16. The van der Waals surface area contributed by atoms with Gasteiger partial charge in [0, 0.05) is 13.1 Å². The van der Waals surface area contributed by atoms with Gasteiger partial charge in [-0.2, -0.15) is 0 Å². The van der Waals surface area contributed by atoms with Crippen LogP contribution in [0.1, 0.15) is 0 Å². The van der Waals surface area contributed by atoms with E-state index >= 15 is 0 Å². The Morgan fingerprint density at radius 2 is 1.55 bits per heavy atom. The van der Waals surface area contributed by atoms with E-state index in [4.69, 9.17) is 0 Å². The Labute approximate surface area is 62.0 Å². The molecule has 60 valence electrons. The molecule has 0 radical (unpaired) electrons. The fourth-order valence-corrected chi connectivity index (χ4v) is 0.717. The van der Waals surface area contributed by atoms with Gasteiger partial charge in [-0.15, -0.1) is 4.48 Å². The van der Waals surface area contributed by atoms with Crippen molar-refractivity contribution >= 4 is 5.69 Å². The number of hydrogen-bond donors (Lipinski definition) is 0. The van der Waals surface area contributed by atoms with Crippen molar-refractivity contribution in [1.82, 2.24) is 0 Å². The van der Waals surface area contributed by atoms with Gasteiger partial charge in [0.25, 0.3) is 0 Å². The first-order valence-electron chi connectivity index (χ1n) is 2.95. The topological polar surface area (TPSA) is 3.24 Å². The van der Waals surface area contributed by atoms with Gasteiger partial charge in [0.05, 0.1) is 5.69 Å². The summed E-state index contributed by atoms with van der Waals surface area (Å²) in [5, 5.41) is 0.145. The molecule has 0 unspecified atom stereocenters. The molecule has 0 saturated carbocycles. The van der Waals surface area contributed by atoms with Gasteiger partial charge in [-0.25, -0.2) is 13.9 Å². The number of halogens is 3. The first kappa shape index (κ1) is 7.91. The molecule has 11 heavy (non-hydrogen) atoms. The molecule has 4 heteroatoms. The van der Waals surface area contributed by atoms with Crippen LogP contribution in [-0.4, -0.2) is 7.05 Å². The Morgan fingerprint density at radius 1 is 1.09 bits per heavy atom. The first-order valence-corrected chi connectivity index (χ1v) is 2.95. The zero-order valence-corrected chi connectivity index (χ0v) is 5.81. The maximum absolute atomic E-state index is 12.4. The smallest absolute Gasteiger partial charge is 0.128 e. The molecule has 0 fully saturated rings. The van der Waals surface area contributed by atoms with Crippen LogP contribution in [0.3, 0.4) is 0 Å². The SMILES string of the molecule is CN(F)c1cc(F)cc(F)c1. The summed E-state index contributed by atoms with van der Waals surface area (Å²) in [4.78, 5) is 0. The van der Waals surface area contributed by atoms with E-state index in [2.05, 4.69) is 0 Å². The number of hydrogen-bond acceptors (Lipinski definition) is 1. The highest BCUT2D eigenvalue weighted by molar-refractivity contribution is 5.43. The van der Waals surface area contributed by atoms with Crippen LogP contribution in [0.15, 0.2) is 18.2 Å². The summed E-state index contributed by atoms with van der Waals surface area (Å²) in [5.41, 5.74) is -0.137. The number of anilines is 1. The van der Waals surface area contributed by atoms with Gasteiger partial charge in [-0.3, -0.25) is 0 Å². The summed E-state index contributed by atoms with van der Waals surface area (Å²) in [7, 11) is 1.06. The van der Waals surface area contributed by atoms with Crippen LogP contribution in [-0.2, 0) is 0 Å². The van der Waals surface area contributed by atoms with Crippen molar-refractivity contribution in [3.8, 4) is 0 Å². The Bertz CT molecular complexity index is 240. The third kappa shape index (κ3) is 1.86. The van der Waals surface area contributed by atoms with E-state index in [9.17, 15) is 13.3 Å². The van der Waals surface area contributed by atoms with E-state index in [1.807, 2.05) is 0 Å². The maximum atomic E-state index is 12.4. The van der Waals surface area contributed by atoms with Crippen LogP contribution in [0.5, 0.6) is 0 Å². The lowest BCUT2D eigenvalue weighted by Crippen LogP contribution is -2.02. The minimum Gasteiger partial charge on any atom is -0.215 e. The molecular formula is C7H6F3N. The average Bonchev–Trinajstić information content (AvgIpc) is 1.85. The standard InChI is InChI=1S/C7H6F3N/c1-11(10)7-3-5(8)2-6(9)4-7/h2-4H,1H3. The number of nitrogens with zero attached hydrogens (tertiary/aromatic N) is 1. The van der Waals surface area contributed by atoms with Gasteiger partial charge < -0.3 is 0 Å². The quantitative estimate of drug-likeness (QED) is 0.571. The summed E-state index contributed by atoms with van der Waals surface area (Å²) in [6, 6.07) is 2.50. The normalized spacial score (nSPS) is 9.82. The molecule has 0 spiro atoms. The number of rotatable bonds is 1. The highest BCUT2D eigenvalue weighted by atomic mass is 19.2. The van der Waals surface area contributed by atoms with Gasteiger partial charge in [0.15, 0.2) is 0 Å². The molecule has 0 N–H and O–H groups in total. The van der Waals surface area contributed by atoms with E-state index in [1.54, 1.807) is 0 Å². The monoisotopic (exact) mass is 161 g/mol. The van der Waals surface area contributed by atoms with E-state index in [1.165, 1.54) is 0 Å². The van der Waals surface area contributed by atoms with E-state index in [-0.39, 0.29) is 10.8 Å². The third-order valence-corrected chi connectivity index (χ3v) is 1.20. The largest absolute Gasteiger partial charge is 0.215 e. The second-order valence-electron chi connectivity index (χ2n) is 2.10. The van der Waals surface area contributed by atoms with Gasteiger partial charge >= 0.3 is 0 Å². The van der Waals surface area contributed by atoms with Crippen molar-refractivity contribution in [2.75, 3.05) is 12.2 Å². The van der Waals surface area contributed by atoms with Crippen molar-refractivity contribution in [3.05, 3.63) is 29.8 Å². The van der Waals surface area contributed by atoms with Crippen molar-refractivity contribution < 1.29 is 13.3 Å². The number of benzene rings is 1. The lowest BCUT2D eigenvalue weighted by molar-refractivity contribution is 0.471. The van der Waals surface area contributed by atoms with Crippen molar-refractivity contribution in [3.63, 3.8) is 0 Å². The molecule has 1 aromatic carbocycles. The predicted octanol–water partition coefficient (Wildman–Crippen LogP) is 2.29. The zero-order valence-electron chi connectivity index (χ0n) is 5.81. The molecule has 0 aliphatic rings. The summed E-state index contributed by atoms with van der Waals surface area (Å²) < 4.78 is 37.0. The Hall–Kier alpha value is -1.19. The molecule has 0 saturated heterocycles. The minimum atomic E-state index is -0.788. The van der Waals surface area contributed by atoms with Crippen LogP contribution in [0.25, 0.3) is 0 Å². The molecule has 1 nitrogen and oxygen atoms in total. The zero-order chi connectivity index (χ0) is 8.43.